The number of hydrogen-bond acceptors (Lipinski definition) is 6. The van der Waals surface area contributed by atoms with Crippen molar-refractivity contribution in [3.05, 3.63) is 35.5 Å². The zero-order valence-corrected chi connectivity index (χ0v) is 19.2. The third-order valence-corrected chi connectivity index (χ3v) is 4.57. The minimum atomic E-state index is -0.148. The van der Waals surface area contributed by atoms with Gasteiger partial charge in [0.2, 0.25) is 11.8 Å². The lowest BCUT2D eigenvalue weighted by atomic mass is 9.96. The molecule has 0 fully saturated rings. The molecule has 0 spiro atoms. The van der Waals surface area contributed by atoms with Crippen LogP contribution in [0.3, 0.4) is 0 Å². The fraction of sp³-hybridized carbons (Fsp3) is 0.609. The fourth-order valence-corrected chi connectivity index (χ4v) is 2.79. The Bertz CT molecular complexity index is 824. The third kappa shape index (κ3) is 7.04. The molecule has 1 aromatic heterocycles. The van der Waals surface area contributed by atoms with Gasteiger partial charge in [0.15, 0.2) is 17.3 Å². The van der Waals surface area contributed by atoms with Gasteiger partial charge in [-0.25, -0.2) is 0 Å². The van der Waals surface area contributed by atoms with Crippen molar-refractivity contribution < 1.29 is 18.8 Å². The predicted octanol–water partition coefficient (Wildman–Crippen LogP) is 4.61. The monoisotopic (exact) mass is 417 g/mol. The Labute approximate surface area is 179 Å². The highest BCUT2D eigenvalue weighted by Gasteiger charge is 2.21. The summed E-state index contributed by atoms with van der Waals surface area (Å²) in [6, 6.07) is 5.62. The van der Waals surface area contributed by atoms with Gasteiger partial charge >= 0.3 is 0 Å². The molecule has 0 radical (unpaired) electrons. The number of benzene rings is 1. The summed E-state index contributed by atoms with van der Waals surface area (Å²) in [5.41, 5.74) is 0.814. The van der Waals surface area contributed by atoms with Gasteiger partial charge in [-0.05, 0) is 37.0 Å². The minimum absolute atomic E-state index is 0.0165. The first-order chi connectivity index (χ1) is 14.1. The van der Waals surface area contributed by atoms with Gasteiger partial charge in [-0.1, -0.05) is 45.8 Å². The van der Waals surface area contributed by atoms with Crippen LogP contribution in [0.1, 0.15) is 77.7 Å². The largest absolute Gasteiger partial charge is 0.493 e. The summed E-state index contributed by atoms with van der Waals surface area (Å²) < 4.78 is 16.5. The quantitative estimate of drug-likeness (QED) is 0.607. The molecule has 1 N–H and O–H groups in total. The summed E-state index contributed by atoms with van der Waals surface area (Å²) in [5, 5.41) is 7.04. The van der Waals surface area contributed by atoms with E-state index in [1.165, 1.54) is 0 Å². The van der Waals surface area contributed by atoms with Crippen LogP contribution in [0.5, 0.6) is 11.5 Å². The van der Waals surface area contributed by atoms with Crippen LogP contribution in [0, 0.1) is 5.92 Å². The SMILES string of the molecule is COc1cc(C(C)NC(=O)CCCc2nc(C(C)(C)C)no2)ccc1OCC(C)C. The van der Waals surface area contributed by atoms with Gasteiger partial charge in [0.05, 0.1) is 19.8 Å². The lowest BCUT2D eigenvalue weighted by Crippen LogP contribution is -2.26. The van der Waals surface area contributed by atoms with Crippen LogP contribution >= 0.6 is 0 Å². The van der Waals surface area contributed by atoms with Crippen molar-refractivity contribution in [3.8, 4) is 11.5 Å². The topological polar surface area (TPSA) is 86.5 Å². The van der Waals surface area contributed by atoms with Gasteiger partial charge in [0, 0.05) is 18.3 Å². The molecule has 7 nitrogen and oxygen atoms in total. The molecule has 30 heavy (non-hydrogen) atoms. The van der Waals surface area contributed by atoms with Gasteiger partial charge in [0.25, 0.3) is 0 Å². The molecule has 7 heteroatoms. The van der Waals surface area contributed by atoms with E-state index in [9.17, 15) is 4.79 Å². The number of amides is 1. The standard InChI is InChI=1S/C23H35N3O4/c1-15(2)14-29-18-12-11-17(13-19(18)28-7)16(3)24-20(27)9-8-10-21-25-22(26-30-21)23(4,5)6/h11-13,15-16H,8-10,14H2,1-7H3,(H,24,27). The van der Waals surface area contributed by atoms with Crippen LogP contribution in [0.15, 0.2) is 22.7 Å². The van der Waals surface area contributed by atoms with Crippen molar-refractivity contribution in [3.63, 3.8) is 0 Å². The first-order valence-electron chi connectivity index (χ1n) is 10.5. The number of ether oxygens (including phenoxy) is 2. The number of nitrogens with zero attached hydrogens (tertiary/aromatic N) is 2. The first kappa shape index (κ1) is 23.7. The molecule has 2 aromatic rings. The van der Waals surface area contributed by atoms with Crippen LogP contribution < -0.4 is 14.8 Å². The molecular formula is C23H35N3O4. The van der Waals surface area contributed by atoms with Crippen molar-refractivity contribution >= 4 is 5.91 Å². The lowest BCUT2D eigenvalue weighted by molar-refractivity contribution is -0.121. The van der Waals surface area contributed by atoms with E-state index < -0.39 is 0 Å². The molecule has 0 aliphatic rings. The van der Waals surface area contributed by atoms with Gasteiger partial charge in [-0.3, -0.25) is 4.79 Å². The molecule has 166 valence electrons. The zero-order valence-electron chi connectivity index (χ0n) is 19.2. The van der Waals surface area contributed by atoms with Crippen LogP contribution in [-0.4, -0.2) is 29.8 Å². The molecule has 0 saturated heterocycles. The Morgan fingerprint density at radius 3 is 2.53 bits per heavy atom. The highest BCUT2D eigenvalue weighted by atomic mass is 16.5. The van der Waals surface area contributed by atoms with Crippen LogP contribution in [0.25, 0.3) is 0 Å². The zero-order chi connectivity index (χ0) is 22.3. The third-order valence-electron chi connectivity index (χ3n) is 4.57. The summed E-state index contributed by atoms with van der Waals surface area (Å²) in [5.74, 6) is 3.05. The molecule has 1 heterocycles. The molecule has 2 rings (SSSR count). The molecule has 0 aliphatic carbocycles. The molecular weight excluding hydrogens is 382 g/mol. The molecule has 1 aromatic carbocycles. The lowest BCUT2D eigenvalue weighted by Gasteiger charge is -2.17. The minimum Gasteiger partial charge on any atom is -0.493 e. The molecule has 1 amide bonds. The summed E-state index contributed by atoms with van der Waals surface area (Å²) >= 11 is 0. The first-order valence-corrected chi connectivity index (χ1v) is 10.5. The van der Waals surface area contributed by atoms with Crippen LogP contribution in [0.2, 0.25) is 0 Å². The molecule has 0 saturated carbocycles. The second-order valence-corrected chi connectivity index (χ2v) is 9.02. The van der Waals surface area contributed by atoms with E-state index in [4.69, 9.17) is 14.0 Å². The Morgan fingerprint density at radius 1 is 1.20 bits per heavy atom. The van der Waals surface area contributed by atoms with Crippen LogP contribution in [-0.2, 0) is 16.6 Å². The Kier molecular flexibility index (Phi) is 8.26. The van der Waals surface area contributed by atoms with Crippen molar-refractivity contribution in [2.45, 2.75) is 72.3 Å². The number of aromatic nitrogens is 2. The van der Waals surface area contributed by atoms with Gasteiger partial charge in [-0.2, -0.15) is 4.98 Å². The summed E-state index contributed by atoms with van der Waals surface area (Å²) in [6.45, 7) is 12.9. The van der Waals surface area contributed by atoms with Crippen molar-refractivity contribution in [2.24, 2.45) is 5.92 Å². The second kappa shape index (κ2) is 10.5. The van der Waals surface area contributed by atoms with Gasteiger partial charge in [0.1, 0.15) is 0 Å². The van der Waals surface area contributed by atoms with E-state index in [-0.39, 0.29) is 17.4 Å². The van der Waals surface area contributed by atoms with E-state index in [1.54, 1.807) is 7.11 Å². The maximum Gasteiger partial charge on any atom is 0.226 e. The number of carbonyl (C=O) groups is 1. The molecule has 1 unspecified atom stereocenters. The van der Waals surface area contributed by atoms with E-state index >= 15 is 0 Å². The summed E-state index contributed by atoms with van der Waals surface area (Å²) in [4.78, 5) is 16.8. The second-order valence-electron chi connectivity index (χ2n) is 9.02. The average Bonchev–Trinajstić information content (AvgIpc) is 3.15. The maximum atomic E-state index is 12.3. The number of carbonyl (C=O) groups excluding carboxylic acids is 1. The number of aryl methyl sites for hydroxylation is 1. The summed E-state index contributed by atoms with van der Waals surface area (Å²) in [7, 11) is 1.62. The Morgan fingerprint density at radius 2 is 1.93 bits per heavy atom. The Hall–Kier alpha value is -2.57. The maximum absolute atomic E-state index is 12.3. The number of nitrogens with one attached hydrogen (secondary N) is 1. The molecule has 0 aliphatic heterocycles. The smallest absolute Gasteiger partial charge is 0.226 e. The van der Waals surface area contributed by atoms with Gasteiger partial charge < -0.3 is 19.3 Å². The normalized spacial score (nSPS) is 12.7. The average molecular weight is 418 g/mol. The highest BCUT2D eigenvalue weighted by molar-refractivity contribution is 5.76. The van der Waals surface area contributed by atoms with Crippen molar-refractivity contribution in [1.29, 1.82) is 0 Å². The number of rotatable bonds is 10. The van der Waals surface area contributed by atoms with E-state index in [0.29, 0.717) is 55.0 Å². The van der Waals surface area contributed by atoms with E-state index in [0.717, 1.165) is 5.56 Å². The Balaban J connectivity index is 1.85. The fourth-order valence-electron chi connectivity index (χ4n) is 2.79. The number of methoxy groups -OCH3 is 1. The van der Waals surface area contributed by atoms with Crippen LogP contribution in [0.4, 0.5) is 0 Å². The number of hydrogen-bond donors (Lipinski definition) is 1. The van der Waals surface area contributed by atoms with Crippen molar-refractivity contribution in [1.82, 2.24) is 15.5 Å². The molecule has 1 atom stereocenters. The predicted molar refractivity (Wildman–Crippen MR) is 116 cm³/mol. The van der Waals surface area contributed by atoms with Crippen molar-refractivity contribution in [2.75, 3.05) is 13.7 Å². The highest BCUT2D eigenvalue weighted by Crippen LogP contribution is 2.30. The summed E-state index contributed by atoms with van der Waals surface area (Å²) in [6.07, 6.45) is 1.63. The van der Waals surface area contributed by atoms with E-state index in [1.807, 2.05) is 45.9 Å². The molecule has 0 bridgehead atoms. The van der Waals surface area contributed by atoms with E-state index in [2.05, 4.69) is 29.3 Å². The van der Waals surface area contributed by atoms with Gasteiger partial charge in [-0.15, -0.1) is 0 Å².